The Morgan fingerprint density at radius 3 is 1.89 bits per heavy atom. The van der Waals surface area contributed by atoms with E-state index in [2.05, 4.69) is 0 Å². The molecule has 0 aromatic heterocycles. The molecule has 3 N–H and O–H groups in total. The van der Waals surface area contributed by atoms with Gasteiger partial charge in [0.25, 0.3) is 0 Å². The normalized spacial score (nSPS) is 14.4. The van der Waals surface area contributed by atoms with Crippen molar-refractivity contribution in [3.05, 3.63) is 58.1 Å². The number of carboxylic acids is 1. The van der Waals surface area contributed by atoms with Crippen LogP contribution in [0.3, 0.4) is 0 Å². The van der Waals surface area contributed by atoms with Crippen LogP contribution in [0, 0.1) is 6.92 Å². The number of aromatic hydroxyl groups is 2. The second-order valence-corrected chi connectivity index (χ2v) is 10.3. The van der Waals surface area contributed by atoms with E-state index in [9.17, 15) is 19.8 Å². The number of benzene rings is 2. The predicted octanol–water partition coefficient (Wildman–Crippen LogP) is 7.60. The number of unbranched alkanes of at least 4 members (excludes halogenated alkanes) is 12. The molecule has 2 aromatic rings. The van der Waals surface area contributed by atoms with Crippen molar-refractivity contribution in [3.8, 4) is 11.5 Å². The first-order chi connectivity index (χ1) is 17.9. The SMILES string of the molecule is Cc1cc(O)c2c(c1)C(OCCCCCCCCCCCCCCCC(=O)O)c1cccc(O)c1C2=O. The van der Waals surface area contributed by atoms with Gasteiger partial charge in [-0.1, -0.05) is 88.8 Å². The maximum Gasteiger partial charge on any atom is 0.303 e. The molecule has 1 aliphatic carbocycles. The van der Waals surface area contributed by atoms with Crippen LogP contribution in [0.2, 0.25) is 0 Å². The minimum absolute atomic E-state index is 0.0711. The fraction of sp³-hybridized carbons (Fsp3) is 0.548. The number of ketones is 1. The van der Waals surface area contributed by atoms with Crippen LogP contribution < -0.4 is 0 Å². The zero-order chi connectivity index (χ0) is 26.6. The van der Waals surface area contributed by atoms with Crippen molar-refractivity contribution >= 4 is 11.8 Å². The number of aliphatic carboxylic acids is 1. The van der Waals surface area contributed by atoms with Gasteiger partial charge in [-0.25, -0.2) is 0 Å². The molecule has 1 atom stereocenters. The molecule has 0 aliphatic heterocycles. The summed E-state index contributed by atoms with van der Waals surface area (Å²) < 4.78 is 6.26. The van der Waals surface area contributed by atoms with Gasteiger partial charge in [-0.3, -0.25) is 9.59 Å². The fourth-order valence-corrected chi connectivity index (χ4v) is 5.27. The molecule has 0 bridgehead atoms. The highest BCUT2D eigenvalue weighted by Gasteiger charge is 2.35. The van der Waals surface area contributed by atoms with Gasteiger partial charge in [0.05, 0.1) is 11.1 Å². The molecule has 2 aromatic carbocycles. The third kappa shape index (κ3) is 8.32. The van der Waals surface area contributed by atoms with Gasteiger partial charge in [0.1, 0.15) is 17.6 Å². The van der Waals surface area contributed by atoms with E-state index in [0.717, 1.165) is 37.7 Å². The minimum atomic E-state index is -0.691. The zero-order valence-corrected chi connectivity index (χ0v) is 22.1. The molecule has 6 heteroatoms. The van der Waals surface area contributed by atoms with Crippen molar-refractivity contribution in [2.45, 2.75) is 103 Å². The summed E-state index contributed by atoms with van der Waals surface area (Å²) in [6.07, 6.45) is 14.7. The predicted molar refractivity (Wildman–Crippen MR) is 144 cm³/mol. The van der Waals surface area contributed by atoms with Crippen molar-refractivity contribution in [3.63, 3.8) is 0 Å². The van der Waals surface area contributed by atoms with Crippen LogP contribution in [0.25, 0.3) is 0 Å². The zero-order valence-electron chi connectivity index (χ0n) is 22.1. The summed E-state index contributed by atoms with van der Waals surface area (Å²) in [7, 11) is 0. The van der Waals surface area contributed by atoms with Crippen LogP contribution in [0.4, 0.5) is 0 Å². The van der Waals surface area contributed by atoms with Crippen LogP contribution >= 0.6 is 0 Å². The summed E-state index contributed by atoms with van der Waals surface area (Å²) in [4.78, 5) is 23.5. The molecular weight excluding hydrogens is 468 g/mol. The molecule has 1 aliphatic rings. The third-order valence-corrected chi connectivity index (χ3v) is 7.21. The maximum absolute atomic E-state index is 13.0. The number of hydrogen-bond acceptors (Lipinski definition) is 5. The average Bonchev–Trinajstić information content (AvgIpc) is 2.84. The lowest BCUT2D eigenvalue weighted by molar-refractivity contribution is -0.137. The third-order valence-electron chi connectivity index (χ3n) is 7.21. The fourth-order valence-electron chi connectivity index (χ4n) is 5.27. The van der Waals surface area contributed by atoms with Gasteiger partial charge in [-0.05, 0) is 37.5 Å². The van der Waals surface area contributed by atoms with Crippen LogP contribution in [-0.2, 0) is 9.53 Å². The number of carboxylic acid groups (broad SMARTS) is 1. The number of ether oxygens (including phenoxy) is 1. The lowest BCUT2D eigenvalue weighted by Crippen LogP contribution is -2.22. The number of phenolic OH excluding ortho intramolecular Hbond substituents is 2. The Balaban J connectivity index is 1.33. The molecule has 1 unspecified atom stereocenters. The molecule has 37 heavy (non-hydrogen) atoms. The quantitative estimate of drug-likeness (QED) is 0.189. The Bertz CT molecular complexity index is 1040. The molecule has 0 saturated carbocycles. The van der Waals surface area contributed by atoms with Gasteiger partial charge in [0, 0.05) is 24.2 Å². The number of aryl methyl sites for hydroxylation is 1. The lowest BCUT2D eigenvalue weighted by atomic mass is 9.81. The van der Waals surface area contributed by atoms with Crippen LogP contribution in [0.15, 0.2) is 30.3 Å². The molecule has 0 heterocycles. The van der Waals surface area contributed by atoms with Gasteiger partial charge in [-0.15, -0.1) is 0 Å². The molecule has 0 saturated heterocycles. The summed E-state index contributed by atoms with van der Waals surface area (Å²) in [5, 5.41) is 29.5. The van der Waals surface area contributed by atoms with E-state index in [0.29, 0.717) is 24.2 Å². The first kappa shape index (κ1) is 28.7. The van der Waals surface area contributed by atoms with Gasteiger partial charge in [0.2, 0.25) is 5.78 Å². The highest BCUT2D eigenvalue weighted by molar-refractivity contribution is 6.15. The largest absolute Gasteiger partial charge is 0.507 e. The monoisotopic (exact) mass is 510 g/mol. The standard InChI is InChI=1S/C31H42O6/c1-22-20-24-29(26(33)21-22)30(36)28-23(16-15-17-25(28)32)31(24)37-19-14-12-10-8-6-4-2-3-5-7-9-11-13-18-27(34)35/h15-17,20-21,31-33H,2-14,18-19H2,1H3,(H,34,35). The number of carbonyl (C=O) groups excluding carboxylic acids is 1. The second kappa shape index (κ2) is 14.8. The minimum Gasteiger partial charge on any atom is -0.507 e. The van der Waals surface area contributed by atoms with Crippen LogP contribution in [-0.4, -0.2) is 33.7 Å². The molecule has 6 nitrogen and oxygen atoms in total. The van der Waals surface area contributed by atoms with Crippen LogP contribution in [0.5, 0.6) is 11.5 Å². The second-order valence-electron chi connectivity index (χ2n) is 10.3. The Morgan fingerprint density at radius 1 is 0.757 bits per heavy atom. The molecule has 0 fully saturated rings. The van der Waals surface area contributed by atoms with E-state index < -0.39 is 12.1 Å². The Hall–Kier alpha value is -2.86. The Morgan fingerprint density at radius 2 is 1.30 bits per heavy atom. The van der Waals surface area contributed by atoms with E-state index in [1.165, 1.54) is 57.4 Å². The summed E-state index contributed by atoms with van der Waals surface area (Å²) in [6, 6.07) is 8.50. The van der Waals surface area contributed by atoms with Gasteiger partial charge in [-0.2, -0.15) is 0 Å². The number of rotatable bonds is 17. The topological polar surface area (TPSA) is 104 Å². The van der Waals surface area contributed by atoms with Gasteiger partial charge >= 0.3 is 5.97 Å². The summed E-state index contributed by atoms with van der Waals surface area (Å²) >= 11 is 0. The van der Waals surface area contributed by atoms with E-state index >= 15 is 0 Å². The Kier molecular flexibility index (Phi) is 11.5. The molecule has 202 valence electrons. The molecule has 3 rings (SSSR count). The molecular formula is C31H42O6. The lowest BCUT2D eigenvalue weighted by Gasteiger charge is -2.29. The van der Waals surface area contributed by atoms with Crippen molar-refractivity contribution in [1.82, 2.24) is 0 Å². The number of phenols is 2. The summed E-state index contributed by atoms with van der Waals surface area (Å²) in [6.45, 7) is 2.43. The first-order valence-corrected chi connectivity index (χ1v) is 13.9. The number of carbonyl (C=O) groups is 2. The van der Waals surface area contributed by atoms with E-state index in [-0.39, 0.29) is 28.4 Å². The van der Waals surface area contributed by atoms with E-state index in [4.69, 9.17) is 9.84 Å². The van der Waals surface area contributed by atoms with E-state index in [1.807, 2.05) is 19.1 Å². The van der Waals surface area contributed by atoms with Crippen molar-refractivity contribution in [1.29, 1.82) is 0 Å². The summed E-state index contributed by atoms with van der Waals surface area (Å²) in [5.41, 5.74) is 2.63. The van der Waals surface area contributed by atoms with Crippen molar-refractivity contribution in [2.24, 2.45) is 0 Å². The van der Waals surface area contributed by atoms with Crippen molar-refractivity contribution < 1.29 is 29.6 Å². The highest BCUT2D eigenvalue weighted by atomic mass is 16.5. The first-order valence-electron chi connectivity index (χ1n) is 13.9. The highest BCUT2D eigenvalue weighted by Crippen LogP contribution is 2.44. The van der Waals surface area contributed by atoms with Crippen molar-refractivity contribution in [2.75, 3.05) is 6.61 Å². The number of hydrogen-bond donors (Lipinski definition) is 3. The summed E-state index contributed by atoms with van der Waals surface area (Å²) in [5.74, 6) is -1.21. The maximum atomic E-state index is 13.0. The molecule has 0 spiro atoms. The Labute approximate surface area is 220 Å². The molecule has 0 radical (unpaired) electrons. The number of fused-ring (bicyclic) bond motifs is 2. The van der Waals surface area contributed by atoms with Crippen LogP contribution in [0.1, 0.15) is 129 Å². The average molecular weight is 511 g/mol. The smallest absolute Gasteiger partial charge is 0.303 e. The molecule has 0 amide bonds. The van der Waals surface area contributed by atoms with Gasteiger partial charge < -0.3 is 20.1 Å². The van der Waals surface area contributed by atoms with E-state index in [1.54, 1.807) is 12.1 Å². The van der Waals surface area contributed by atoms with Gasteiger partial charge in [0.15, 0.2) is 0 Å².